The van der Waals surface area contributed by atoms with Gasteiger partial charge in [0.05, 0.1) is 10.6 Å². The van der Waals surface area contributed by atoms with E-state index in [0.717, 1.165) is 9.99 Å². The average molecular weight is 386 g/mol. The summed E-state index contributed by atoms with van der Waals surface area (Å²) in [5.41, 5.74) is 1.68. The topological polar surface area (TPSA) is 110 Å². The van der Waals surface area contributed by atoms with Crippen molar-refractivity contribution in [1.29, 1.82) is 0 Å². The maximum atomic E-state index is 12.4. The normalized spacial score (nSPS) is 11.5. The van der Waals surface area contributed by atoms with Crippen molar-refractivity contribution in [1.82, 2.24) is 29.8 Å². The molecule has 3 rings (SSSR count). The molecule has 0 spiro atoms. The molecule has 0 bridgehead atoms. The Morgan fingerprint density at radius 1 is 1.11 bits per heavy atom. The van der Waals surface area contributed by atoms with E-state index in [1.165, 1.54) is 31.2 Å². The summed E-state index contributed by atoms with van der Waals surface area (Å²) in [6.07, 6.45) is 1.46. The van der Waals surface area contributed by atoms with Crippen molar-refractivity contribution in [3.63, 3.8) is 0 Å². The Hall–Kier alpha value is -3.11. The number of sulfonamides is 1. The largest absolute Gasteiger partial charge is 0.348 e. The third-order valence-electron chi connectivity index (χ3n) is 3.91. The summed E-state index contributed by atoms with van der Waals surface area (Å²) in [7, 11) is -0.652. The van der Waals surface area contributed by atoms with Crippen molar-refractivity contribution < 1.29 is 13.2 Å². The van der Waals surface area contributed by atoms with Gasteiger partial charge in [0.2, 0.25) is 10.0 Å². The molecular weight excluding hydrogens is 368 g/mol. The van der Waals surface area contributed by atoms with Crippen LogP contribution in [0, 0.1) is 0 Å². The lowest BCUT2D eigenvalue weighted by Crippen LogP contribution is -2.27. The second-order valence-electron chi connectivity index (χ2n) is 5.88. The highest BCUT2D eigenvalue weighted by atomic mass is 32.2. The molecule has 0 radical (unpaired) electrons. The number of nitrogens with zero attached hydrogens (tertiary/aromatic N) is 5. The van der Waals surface area contributed by atoms with E-state index in [1.54, 1.807) is 42.5 Å². The molecule has 0 aliphatic rings. The molecule has 1 amide bonds. The van der Waals surface area contributed by atoms with Gasteiger partial charge >= 0.3 is 0 Å². The highest BCUT2D eigenvalue weighted by molar-refractivity contribution is 7.89. The first-order valence-electron chi connectivity index (χ1n) is 8.01. The van der Waals surface area contributed by atoms with Crippen LogP contribution in [0.2, 0.25) is 0 Å². The van der Waals surface area contributed by atoms with E-state index in [-0.39, 0.29) is 17.3 Å². The van der Waals surface area contributed by atoms with Gasteiger partial charge in [-0.3, -0.25) is 4.79 Å². The molecule has 0 saturated heterocycles. The summed E-state index contributed by atoms with van der Waals surface area (Å²) in [6, 6.07) is 13.3. The van der Waals surface area contributed by atoms with Crippen LogP contribution in [0.25, 0.3) is 5.69 Å². The zero-order chi connectivity index (χ0) is 19.4. The van der Waals surface area contributed by atoms with E-state index in [4.69, 9.17) is 0 Å². The summed E-state index contributed by atoms with van der Waals surface area (Å²) in [5.74, 6) is -0.310. The molecule has 0 aliphatic carbocycles. The number of aromatic nitrogens is 4. The van der Waals surface area contributed by atoms with Crippen molar-refractivity contribution in [3.8, 4) is 5.69 Å². The van der Waals surface area contributed by atoms with Crippen molar-refractivity contribution in [2.75, 3.05) is 14.1 Å². The summed E-state index contributed by atoms with van der Waals surface area (Å²) >= 11 is 0. The Labute approximate surface area is 156 Å². The molecule has 27 heavy (non-hydrogen) atoms. The predicted molar refractivity (Wildman–Crippen MR) is 97.6 cm³/mol. The van der Waals surface area contributed by atoms with Gasteiger partial charge in [0.1, 0.15) is 6.33 Å². The minimum absolute atomic E-state index is 0.0941. The zero-order valence-corrected chi connectivity index (χ0v) is 15.6. The molecule has 0 unspecified atom stereocenters. The second kappa shape index (κ2) is 7.64. The molecule has 0 fully saturated rings. The van der Waals surface area contributed by atoms with Gasteiger partial charge < -0.3 is 5.32 Å². The fourth-order valence-corrected chi connectivity index (χ4v) is 3.54. The number of carbonyl (C=O) groups is 1. The number of hydrogen-bond acceptors (Lipinski definition) is 6. The van der Waals surface area contributed by atoms with E-state index < -0.39 is 10.0 Å². The van der Waals surface area contributed by atoms with E-state index in [9.17, 15) is 13.2 Å². The van der Waals surface area contributed by atoms with E-state index in [0.29, 0.717) is 11.1 Å². The maximum Gasteiger partial charge on any atom is 0.251 e. The predicted octanol–water partition coefficient (Wildman–Crippen LogP) is 0.843. The molecule has 3 aromatic rings. The number of benzene rings is 2. The third kappa shape index (κ3) is 4.01. The van der Waals surface area contributed by atoms with Crippen LogP contribution in [0.4, 0.5) is 0 Å². The molecule has 1 N–H and O–H groups in total. The lowest BCUT2D eigenvalue weighted by atomic mass is 10.1. The number of tetrazole rings is 1. The second-order valence-corrected chi connectivity index (χ2v) is 8.00. The molecule has 0 aliphatic heterocycles. The maximum absolute atomic E-state index is 12.4. The molecule has 2 aromatic carbocycles. The molecule has 9 nitrogen and oxygen atoms in total. The van der Waals surface area contributed by atoms with Crippen LogP contribution in [-0.2, 0) is 16.6 Å². The van der Waals surface area contributed by atoms with Crippen molar-refractivity contribution in [2.45, 2.75) is 11.4 Å². The lowest BCUT2D eigenvalue weighted by Gasteiger charge is -2.15. The van der Waals surface area contributed by atoms with Crippen LogP contribution >= 0.6 is 0 Å². The van der Waals surface area contributed by atoms with Crippen molar-refractivity contribution in [3.05, 3.63) is 66.0 Å². The van der Waals surface area contributed by atoms with Gasteiger partial charge in [0.25, 0.3) is 5.91 Å². The first-order chi connectivity index (χ1) is 12.9. The standard InChI is InChI=1S/C17H18N6O3S/c1-22(2)27(25,26)16-6-4-3-5-14(16)11-18-17(24)13-7-9-15(10-8-13)23-12-19-20-21-23/h3-10,12H,11H2,1-2H3,(H,18,24). The first kappa shape index (κ1) is 18.7. The Balaban J connectivity index is 1.73. The van der Waals surface area contributed by atoms with Gasteiger partial charge in [-0.25, -0.2) is 17.4 Å². The van der Waals surface area contributed by atoms with E-state index >= 15 is 0 Å². The lowest BCUT2D eigenvalue weighted by molar-refractivity contribution is 0.0950. The van der Waals surface area contributed by atoms with Gasteiger partial charge in [-0.2, -0.15) is 0 Å². The summed E-state index contributed by atoms with van der Waals surface area (Å²) in [5, 5.41) is 13.6. The Morgan fingerprint density at radius 2 is 1.81 bits per heavy atom. The number of carbonyl (C=O) groups excluding carboxylic acids is 1. The van der Waals surface area contributed by atoms with Crippen LogP contribution < -0.4 is 5.32 Å². The quantitative estimate of drug-likeness (QED) is 0.672. The third-order valence-corrected chi connectivity index (χ3v) is 5.83. The highest BCUT2D eigenvalue weighted by Crippen LogP contribution is 2.18. The smallest absolute Gasteiger partial charge is 0.251 e. The monoisotopic (exact) mass is 386 g/mol. The van der Waals surface area contributed by atoms with Gasteiger partial charge in [0, 0.05) is 26.2 Å². The van der Waals surface area contributed by atoms with Crippen LogP contribution in [0.15, 0.2) is 59.8 Å². The van der Waals surface area contributed by atoms with Gasteiger partial charge in [-0.15, -0.1) is 5.10 Å². The number of nitrogens with one attached hydrogen (secondary N) is 1. The van der Waals surface area contributed by atoms with Gasteiger partial charge in [-0.05, 0) is 46.3 Å². The highest BCUT2D eigenvalue weighted by Gasteiger charge is 2.20. The van der Waals surface area contributed by atoms with Crippen molar-refractivity contribution in [2.24, 2.45) is 0 Å². The van der Waals surface area contributed by atoms with Crippen LogP contribution in [0.5, 0.6) is 0 Å². The summed E-state index contributed by atoms with van der Waals surface area (Å²) in [6.45, 7) is 0.0941. The molecule has 1 heterocycles. The minimum Gasteiger partial charge on any atom is -0.348 e. The number of rotatable bonds is 6. The molecule has 1 aromatic heterocycles. The van der Waals surface area contributed by atoms with Crippen LogP contribution in [0.1, 0.15) is 15.9 Å². The Kier molecular flexibility index (Phi) is 5.28. The van der Waals surface area contributed by atoms with Crippen molar-refractivity contribution >= 4 is 15.9 Å². The fraction of sp³-hybridized carbons (Fsp3) is 0.176. The van der Waals surface area contributed by atoms with E-state index in [1.807, 2.05) is 0 Å². The fourth-order valence-electron chi connectivity index (χ4n) is 2.42. The molecule has 0 saturated carbocycles. The molecular formula is C17H18N6O3S. The first-order valence-corrected chi connectivity index (χ1v) is 9.45. The number of hydrogen-bond donors (Lipinski definition) is 1. The minimum atomic E-state index is -3.59. The van der Waals surface area contributed by atoms with E-state index in [2.05, 4.69) is 20.8 Å². The average Bonchev–Trinajstić information content (AvgIpc) is 3.21. The Morgan fingerprint density at radius 3 is 2.44 bits per heavy atom. The Bertz CT molecular complexity index is 1030. The number of amides is 1. The van der Waals surface area contributed by atoms with Crippen LogP contribution in [-0.4, -0.2) is 52.9 Å². The zero-order valence-electron chi connectivity index (χ0n) is 14.8. The van der Waals surface area contributed by atoms with Crippen LogP contribution in [0.3, 0.4) is 0 Å². The summed E-state index contributed by atoms with van der Waals surface area (Å²) in [4.78, 5) is 12.6. The summed E-state index contributed by atoms with van der Waals surface area (Å²) < 4.78 is 27.4. The molecule has 140 valence electrons. The molecule has 10 heteroatoms. The van der Waals surface area contributed by atoms with Gasteiger partial charge in [-0.1, -0.05) is 18.2 Å². The SMILES string of the molecule is CN(C)S(=O)(=O)c1ccccc1CNC(=O)c1ccc(-n2cnnn2)cc1. The molecule has 0 atom stereocenters. The van der Waals surface area contributed by atoms with Gasteiger partial charge in [0.15, 0.2) is 0 Å².